The third-order valence-electron chi connectivity index (χ3n) is 4.52. The second-order valence-electron chi connectivity index (χ2n) is 6.52. The van der Waals surface area contributed by atoms with Gasteiger partial charge in [-0.15, -0.1) is 0 Å². The molecule has 0 aliphatic heterocycles. The number of aromatic nitrogens is 2. The summed E-state index contributed by atoms with van der Waals surface area (Å²) in [6, 6.07) is 15.5. The predicted molar refractivity (Wildman–Crippen MR) is 107 cm³/mol. The highest BCUT2D eigenvalue weighted by Crippen LogP contribution is 2.32. The largest absolute Gasteiger partial charge is 0.416 e. The van der Waals surface area contributed by atoms with Crippen molar-refractivity contribution < 1.29 is 18.0 Å². The summed E-state index contributed by atoms with van der Waals surface area (Å²) in [6.07, 6.45) is -2.99. The van der Waals surface area contributed by atoms with E-state index < -0.39 is 23.1 Å². The molecule has 0 aliphatic carbocycles. The van der Waals surface area contributed by atoms with E-state index in [4.69, 9.17) is 0 Å². The number of carbonyl (C=O) groups excluding carboxylic acids is 1. The fourth-order valence-electron chi connectivity index (χ4n) is 3.10. The molecule has 0 aliphatic rings. The van der Waals surface area contributed by atoms with Crippen LogP contribution in [0.2, 0.25) is 0 Å². The van der Waals surface area contributed by atoms with Crippen molar-refractivity contribution in [2.45, 2.75) is 6.18 Å². The lowest BCUT2D eigenvalue weighted by Gasteiger charge is -2.11. The van der Waals surface area contributed by atoms with Crippen LogP contribution in [0.5, 0.6) is 0 Å². The summed E-state index contributed by atoms with van der Waals surface area (Å²) >= 11 is 0. The van der Waals surface area contributed by atoms with Gasteiger partial charge in [0.15, 0.2) is 5.43 Å². The number of benzene rings is 2. The lowest BCUT2D eigenvalue weighted by atomic mass is 10.0. The Kier molecular flexibility index (Phi) is 4.83. The Balaban J connectivity index is 1.83. The highest BCUT2D eigenvalue weighted by atomic mass is 19.4. The Morgan fingerprint density at radius 1 is 0.967 bits per heavy atom. The Morgan fingerprint density at radius 2 is 1.77 bits per heavy atom. The number of carbonyl (C=O) groups is 1. The fourth-order valence-corrected chi connectivity index (χ4v) is 3.10. The molecule has 4 aromatic rings. The lowest BCUT2D eigenvalue weighted by molar-refractivity contribution is -0.137. The van der Waals surface area contributed by atoms with Crippen LogP contribution in [-0.2, 0) is 6.18 Å². The standard InChI is InChI=1S/C22H14F3N3O2/c23-22(24,25)14-6-3-5-13(11-14)17-12-18(29)15-7-4-8-16(20(15)27-17)21(30)28-19-9-1-2-10-26-19/h1-12H,(H,27,29)(H,26,28,30). The molecule has 150 valence electrons. The number of amides is 1. The first kappa shape index (κ1) is 19.4. The third-order valence-corrected chi connectivity index (χ3v) is 4.52. The molecular weight excluding hydrogens is 395 g/mol. The third kappa shape index (κ3) is 3.80. The quantitative estimate of drug-likeness (QED) is 0.507. The highest BCUT2D eigenvalue weighted by molar-refractivity contribution is 6.11. The Labute approximate surface area is 168 Å². The molecule has 0 unspecified atom stereocenters. The van der Waals surface area contributed by atoms with E-state index >= 15 is 0 Å². The van der Waals surface area contributed by atoms with E-state index in [0.29, 0.717) is 5.82 Å². The van der Waals surface area contributed by atoms with Crippen LogP contribution in [0.1, 0.15) is 15.9 Å². The van der Waals surface area contributed by atoms with Gasteiger partial charge in [0, 0.05) is 23.3 Å². The fraction of sp³-hybridized carbons (Fsp3) is 0.0455. The number of nitrogens with one attached hydrogen (secondary N) is 2. The van der Waals surface area contributed by atoms with Gasteiger partial charge in [0.2, 0.25) is 0 Å². The number of hydrogen-bond donors (Lipinski definition) is 2. The van der Waals surface area contributed by atoms with Crippen LogP contribution in [0.3, 0.4) is 0 Å². The maximum atomic E-state index is 13.1. The maximum absolute atomic E-state index is 13.1. The van der Waals surface area contributed by atoms with Crippen molar-refractivity contribution in [3.05, 3.63) is 94.3 Å². The highest BCUT2D eigenvalue weighted by Gasteiger charge is 2.30. The summed E-state index contributed by atoms with van der Waals surface area (Å²) < 4.78 is 39.2. The van der Waals surface area contributed by atoms with Gasteiger partial charge in [0.25, 0.3) is 5.91 Å². The van der Waals surface area contributed by atoms with Crippen molar-refractivity contribution in [1.29, 1.82) is 0 Å². The average molecular weight is 409 g/mol. The summed E-state index contributed by atoms with van der Waals surface area (Å²) in [5, 5.41) is 2.89. The van der Waals surface area contributed by atoms with Crippen molar-refractivity contribution in [3.63, 3.8) is 0 Å². The molecule has 0 atom stereocenters. The molecule has 0 bridgehead atoms. The number of halogens is 3. The van der Waals surface area contributed by atoms with Crippen molar-refractivity contribution in [1.82, 2.24) is 9.97 Å². The number of hydrogen-bond acceptors (Lipinski definition) is 3. The van der Waals surface area contributed by atoms with Gasteiger partial charge in [-0.1, -0.05) is 24.3 Å². The first-order valence-electron chi connectivity index (χ1n) is 8.89. The van der Waals surface area contributed by atoms with Crippen LogP contribution >= 0.6 is 0 Å². The molecule has 1 amide bonds. The second kappa shape index (κ2) is 7.47. The van der Waals surface area contributed by atoms with Gasteiger partial charge in [0.1, 0.15) is 5.82 Å². The summed E-state index contributed by atoms with van der Waals surface area (Å²) in [5.74, 6) is -0.174. The number of anilines is 1. The number of alkyl halides is 3. The van der Waals surface area contributed by atoms with Gasteiger partial charge in [0.05, 0.1) is 16.6 Å². The van der Waals surface area contributed by atoms with Crippen LogP contribution in [0.4, 0.5) is 19.0 Å². The van der Waals surface area contributed by atoms with E-state index in [0.717, 1.165) is 12.1 Å². The molecular formula is C22H14F3N3O2. The van der Waals surface area contributed by atoms with Crippen molar-refractivity contribution in [3.8, 4) is 11.3 Å². The number of para-hydroxylation sites is 1. The Hall–Kier alpha value is -3.94. The molecule has 2 heterocycles. The van der Waals surface area contributed by atoms with Crippen LogP contribution in [0, 0.1) is 0 Å². The van der Waals surface area contributed by atoms with Crippen molar-refractivity contribution in [2.24, 2.45) is 0 Å². The maximum Gasteiger partial charge on any atom is 0.416 e. The number of aromatic amines is 1. The normalized spacial score (nSPS) is 11.4. The number of rotatable bonds is 3. The van der Waals surface area contributed by atoms with E-state index in [1.54, 1.807) is 30.3 Å². The van der Waals surface area contributed by atoms with Crippen molar-refractivity contribution >= 4 is 22.6 Å². The van der Waals surface area contributed by atoms with Crippen LogP contribution in [-0.4, -0.2) is 15.9 Å². The molecule has 5 nitrogen and oxygen atoms in total. The zero-order valence-electron chi connectivity index (χ0n) is 15.3. The summed E-state index contributed by atoms with van der Waals surface area (Å²) in [4.78, 5) is 32.3. The minimum absolute atomic E-state index is 0.170. The van der Waals surface area contributed by atoms with E-state index in [2.05, 4.69) is 15.3 Å². The molecule has 0 radical (unpaired) electrons. The molecule has 30 heavy (non-hydrogen) atoms. The lowest BCUT2D eigenvalue weighted by Crippen LogP contribution is -2.15. The van der Waals surface area contributed by atoms with Gasteiger partial charge in [-0.2, -0.15) is 13.2 Å². The van der Waals surface area contributed by atoms with E-state index in [1.165, 1.54) is 30.5 Å². The van der Waals surface area contributed by atoms with Gasteiger partial charge >= 0.3 is 6.18 Å². The second-order valence-corrected chi connectivity index (χ2v) is 6.52. The minimum Gasteiger partial charge on any atom is -0.354 e. The number of H-pyrrole nitrogens is 1. The van der Waals surface area contributed by atoms with E-state index in [1.807, 2.05) is 0 Å². The van der Waals surface area contributed by atoms with Crippen molar-refractivity contribution in [2.75, 3.05) is 5.32 Å². The smallest absolute Gasteiger partial charge is 0.354 e. The summed E-state index contributed by atoms with van der Waals surface area (Å²) in [5.41, 5.74) is -0.485. The zero-order valence-corrected chi connectivity index (χ0v) is 15.3. The number of pyridine rings is 2. The van der Waals surface area contributed by atoms with Gasteiger partial charge in [-0.25, -0.2) is 4.98 Å². The summed E-state index contributed by atoms with van der Waals surface area (Å²) in [6.45, 7) is 0. The Bertz CT molecular complexity index is 1300. The molecule has 0 spiro atoms. The van der Waals surface area contributed by atoms with Crippen LogP contribution in [0.15, 0.2) is 77.7 Å². The van der Waals surface area contributed by atoms with Gasteiger partial charge in [-0.3, -0.25) is 9.59 Å². The predicted octanol–water partition coefficient (Wildman–Crippen LogP) is 4.86. The molecule has 8 heteroatoms. The molecule has 0 saturated carbocycles. The topological polar surface area (TPSA) is 74.8 Å². The first-order chi connectivity index (χ1) is 14.3. The monoisotopic (exact) mass is 409 g/mol. The summed E-state index contributed by atoms with van der Waals surface area (Å²) in [7, 11) is 0. The SMILES string of the molecule is O=C(Nc1ccccn1)c1cccc2c(=O)cc(-c3cccc(C(F)(F)F)c3)[nH]c12. The molecule has 0 saturated heterocycles. The van der Waals surface area contributed by atoms with Gasteiger partial charge < -0.3 is 10.3 Å². The van der Waals surface area contributed by atoms with Crippen LogP contribution < -0.4 is 10.7 Å². The Morgan fingerprint density at radius 3 is 2.50 bits per heavy atom. The van der Waals surface area contributed by atoms with Crippen LogP contribution in [0.25, 0.3) is 22.2 Å². The van der Waals surface area contributed by atoms with E-state index in [-0.39, 0.29) is 27.7 Å². The molecule has 0 fully saturated rings. The molecule has 2 aromatic carbocycles. The number of nitrogens with zero attached hydrogens (tertiary/aromatic N) is 1. The molecule has 2 N–H and O–H groups in total. The van der Waals surface area contributed by atoms with E-state index in [9.17, 15) is 22.8 Å². The minimum atomic E-state index is -4.51. The number of fused-ring (bicyclic) bond motifs is 1. The van der Waals surface area contributed by atoms with Gasteiger partial charge in [-0.05, 0) is 42.0 Å². The average Bonchev–Trinajstić information content (AvgIpc) is 2.73. The first-order valence-corrected chi connectivity index (χ1v) is 8.89. The zero-order chi connectivity index (χ0) is 21.3. The molecule has 2 aromatic heterocycles. The molecule has 4 rings (SSSR count).